The zero-order valence-corrected chi connectivity index (χ0v) is 13.2. The second kappa shape index (κ2) is 5.56. The molecule has 1 saturated carbocycles. The number of hydrogen-bond acceptors (Lipinski definition) is 1. The first kappa shape index (κ1) is 14.4. The highest BCUT2D eigenvalue weighted by Gasteiger charge is 2.27. The number of nitrogens with one attached hydrogen (secondary N) is 1. The summed E-state index contributed by atoms with van der Waals surface area (Å²) in [7, 11) is 0. The van der Waals surface area contributed by atoms with Gasteiger partial charge in [-0.1, -0.05) is 53.2 Å². The van der Waals surface area contributed by atoms with Gasteiger partial charge in [0.1, 0.15) is 0 Å². The predicted octanol–water partition coefficient (Wildman–Crippen LogP) is 5.22. The minimum atomic E-state index is 0.240. The Morgan fingerprint density at radius 1 is 0.947 bits per heavy atom. The Morgan fingerprint density at radius 3 is 1.95 bits per heavy atom. The van der Waals surface area contributed by atoms with Crippen LogP contribution >= 0.6 is 0 Å². The largest absolute Gasteiger partial charge is 0.382 e. The van der Waals surface area contributed by atoms with E-state index < -0.39 is 0 Å². The van der Waals surface area contributed by atoms with E-state index in [-0.39, 0.29) is 5.41 Å². The summed E-state index contributed by atoms with van der Waals surface area (Å²) in [4.78, 5) is 0. The van der Waals surface area contributed by atoms with Gasteiger partial charge in [0.05, 0.1) is 0 Å². The smallest absolute Gasteiger partial charge is 0.0342 e. The number of rotatable bonds is 2. The van der Waals surface area contributed by atoms with Crippen molar-refractivity contribution in [1.82, 2.24) is 0 Å². The molecule has 0 aromatic heterocycles. The molecule has 0 bridgehead atoms. The Labute approximate surface area is 118 Å². The van der Waals surface area contributed by atoms with Crippen molar-refractivity contribution < 1.29 is 0 Å². The molecule has 1 aromatic rings. The van der Waals surface area contributed by atoms with Gasteiger partial charge in [-0.3, -0.25) is 0 Å². The number of hydrogen-bond donors (Lipinski definition) is 1. The molecule has 1 aromatic carbocycles. The Kier molecular flexibility index (Phi) is 4.23. The molecule has 2 rings (SSSR count). The summed E-state index contributed by atoms with van der Waals surface area (Å²) in [6.45, 7) is 11.6. The monoisotopic (exact) mass is 259 g/mol. The molecule has 0 amide bonds. The van der Waals surface area contributed by atoms with Gasteiger partial charge in [0, 0.05) is 11.7 Å². The molecule has 0 heterocycles. The van der Waals surface area contributed by atoms with Crippen LogP contribution in [0.3, 0.4) is 0 Å². The van der Waals surface area contributed by atoms with Crippen molar-refractivity contribution >= 4 is 5.69 Å². The van der Waals surface area contributed by atoms with Crippen molar-refractivity contribution in [3.63, 3.8) is 0 Å². The minimum Gasteiger partial charge on any atom is -0.382 e. The van der Waals surface area contributed by atoms with E-state index >= 15 is 0 Å². The molecule has 1 fully saturated rings. The average Bonchev–Trinajstić information content (AvgIpc) is 2.33. The van der Waals surface area contributed by atoms with Crippen LogP contribution in [0.25, 0.3) is 0 Å². The van der Waals surface area contributed by atoms with Crippen molar-refractivity contribution in [2.45, 2.75) is 65.3 Å². The Hall–Kier alpha value is -0.980. The molecular weight excluding hydrogens is 230 g/mol. The third kappa shape index (κ3) is 3.52. The summed E-state index contributed by atoms with van der Waals surface area (Å²) in [6.07, 6.45) is 4.12. The van der Waals surface area contributed by atoms with Crippen LogP contribution in [0.15, 0.2) is 24.3 Å². The standard InChI is InChI=1S/C18H29N/c1-13-7-6-8-14(2)17(13)19-16-11-9-15(10-12-16)18(3,4)5/h9-14,17,19H,6-8H2,1-5H3. The summed E-state index contributed by atoms with van der Waals surface area (Å²) < 4.78 is 0. The Balaban J connectivity index is 2.07. The lowest BCUT2D eigenvalue weighted by Gasteiger charge is -2.36. The van der Waals surface area contributed by atoms with E-state index in [4.69, 9.17) is 0 Å². The molecule has 0 saturated heterocycles. The van der Waals surface area contributed by atoms with Crippen LogP contribution in [-0.2, 0) is 5.41 Å². The van der Waals surface area contributed by atoms with E-state index in [2.05, 4.69) is 64.2 Å². The van der Waals surface area contributed by atoms with Crippen LogP contribution in [-0.4, -0.2) is 6.04 Å². The van der Waals surface area contributed by atoms with Crippen LogP contribution in [0.5, 0.6) is 0 Å². The normalized spacial score (nSPS) is 28.2. The second-order valence-corrected chi connectivity index (χ2v) is 7.38. The minimum absolute atomic E-state index is 0.240. The van der Waals surface area contributed by atoms with Gasteiger partial charge in [-0.05, 0) is 47.8 Å². The molecule has 0 aliphatic heterocycles. The van der Waals surface area contributed by atoms with Crippen LogP contribution < -0.4 is 5.32 Å². The summed E-state index contributed by atoms with van der Waals surface area (Å²) in [6, 6.07) is 9.65. The molecule has 19 heavy (non-hydrogen) atoms. The van der Waals surface area contributed by atoms with Gasteiger partial charge in [0.15, 0.2) is 0 Å². The van der Waals surface area contributed by atoms with Crippen molar-refractivity contribution in [2.75, 3.05) is 5.32 Å². The molecule has 1 aliphatic rings. The van der Waals surface area contributed by atoms with Crippen LogP contribution in [0.2, 0.25) is 0 Å². The highest BCUT2D eigenvalue weighted by Crippen LogP contribution is 2.32. The third-order valence-corrected chi connectivity index (χ3v) is 4.63. The lowest BCUT2D eigenvalue weighted by molar-refractivity contribution is 0.268. The zero-order chi connectivity index (χ0) is 14.0. The predicted molar refractivity (Wildman–Crippen MR) is 84.7 cm³/mol. The second-order valence-electron chi connectivity index (χ2n) is 7.38. The van der Waals surface area contributed by atoms with Gasteiger partial charge in [-0.2, -0.15) is 0 Å². The lowest BCUT2D eigenvalue weighted by atomic mass is 9.78. The first-order chi connectivity index (χ1) is 8.88. The van der Waals surface area contributed by atoms with Gasteiger partial charge in [0.2, 0.25) is 0 Å². The molecule has 2 atom stereocenters. The van der Waals surface area contributed by atoms with Gasteiger partial charge in [-0.15, -0.1) is 0 Å². The van der Waals surface area contributed by atoms with E-state index in [9.17, 15) is 0 Å². The Bertz CT molecular complexity index is 389. The first-order valence-electron chi connectivity index (χ1n) is 7.75. The maximum atomic E-state index is 3.76. The fourth-order valence-corrected chi connectivity index (χ4v) is 3.23. The SMILES string of the molecule is CC1CCCC(C)C1Nc1ccc(C(C)(C)C)cc1. The number of benzene rings is 1. The summed E-state index contributed by atoms with van der Waals surface area (Å²) in [5.41, 5.74) is 2.92. The van der Waals surface area contributed by atoms with Crippen molar-refractivity contribution in [3.05, 3.63) is 29.8 Å². The van der Waals surface area contributed by atoms with Crippen molar-refractivity contribution in [1.29, 1.82) is 0 Å². The zero-order valence-electron chi connectivity index (χ0n) is 13.2. The molecule has 106 valence electrons. The third-order valence-electron chi connectivity index (χ3n) is 4.63. The van der Waals surface area contributed by atoms with Crippen molar-refractivity contribution in [2.24, 2.45) is 11.8 Å². The van der Waals surface area contributed by atoms with E-state index in [1.807, 2.05) is 0 Å². The molecule has 1 heteroatoms. The lowest BCUT2D eigenvalue weighted by Crippen LogP contribution is -2.37. The molecule has 1 nitrogen and oxygen atoms in total. The molecule has 1 aliphatic carbocycles. The van der Waals surface area contributed by atoms with Crippen LogP contribution in [0.1, 0.15) is 59.4 Å². The van der Waals surface area contributed by atoms with Gasteiger partial charge >= 0.3 is 0 Å². The van der Waals surface area contributed by atoms with Crippen molar-refractivity contribution in [3.8, 4) is 0 Å². The fraction of sp³-hybridized carbons (Fsp3) is 0.667. The van der Waals surface area contributed by atoms with Crippen LogP contribution in [0, 0.1) is 11.8 Å². The van der Waals surface area contributed by atoms with E-state index in [1.165, 1.54) is 30.5 Å². The molecule has 1 N–H and O–H groups in total. The van der Waals surface area contributed by atoms with E-state index in [0.717, 1.165) is 11.8 Å². The fourth-order valence-electron chi connectivity index (χ4n) is 3.23. The summed E-state index contributed by atoms with van der Waals surface area (Å²) in [5, 5.41) is 3.76. The molecule has 2 unspecified atom stereocenters. The highest BCUT2D eigenvalue weighted by atomic mass is 14.9. The highest BCUT2D eigenvalue weighted by molar-refractivity contribution is 5.46. The average molecular weight is 259 g/mol. The molecule has 0 spiro atoms. The molecular formula is C18H29N. The molecule has 0 radical (unpaired) electrons. The number of anilines is 1. The van der Waals surface area contributed by atoms with Gasteiger partial charge in [-0.25, -0.2) is 0 Å². The topological polar surface area (TPSA) is 12.0 Å². The first-order valence-corrected chi connectivity index (χ1v) is 7.75. The van der Waals surface area contributed by atoms with E-state index in [1.54, 1.807) is 0 Å². The summed E-state index contributed by atoms with van der Waals surface area (Å²) >= 11 is 0. The summed E-state index contributed by atoms with van der Waals surface area (Å²) in [5.74, 6) is 1.57. The maximum Gasteiger partial charge on any atom is 0.0342 e. The van der Waals surface area contributed by atoms with E-state index in [0.29, 0.717) is 6.04 Å². The van der Waals surface area contributed by atoms with Crippen LogP contribution in [0.4, 0.5) is 5.69 Å². The maximum absolute atomic E-state index is 3.76. The quantitative estimate of drug-likeness (QED) is 0.767. The van der Waals surface area contributed by atoms with Gasteiger partial charge in [0.25, 0.3) is 0 Å². The van der Waals surface area contributed by atoms with Gasteiger partial charge < -0.3 is 5.32 Å². The Morgan fingerprint density at radius 2 is 1.47 bits per heavy atom.